The Balaban J connectivity index is 5.65. The summed E-state index contributed by atoms with van der Waals surface area (Å²) in [6, 6.07) is 3.07. The molecule has 168 valence electrons. The van der Waals surface area contributed by atoms with Crippen LogP contribution in [-0.4, -0.2) is 39.4 Å². The minimum atomic E-state index is -1.95. The van der Waals surface area contributed by atoms with Crippen LogP contribution >= 0.6 is 0 Å². The van der Waals surface area contributed by atoms with Crippen molar-refractivity contribution in [2.24, 2.45) is 0 Å². The van der Waals surface area contributed by atoms with Gasteiger partial charge in [-0.1, -0.05) is 47.5 Å². The molecule has 0 radical (unpaired) electrons. The molecule has 0 aliphatic rings. The summed E-state index contributed by atoms with van der Waals surface area (Å²) in [7, 11) is -3.86. The van der Waals surface area contributed by atoms with Gasteiger partial charge in [-0.15, -0.1) is 5.92 Å². The molecule has 0 aromatic heterocycles. The van der Waals surface area contributed by atoms with Crippen LogP contribution in [0.5, 0.6) is 0 Å². The van der Waals surface area contributed by atoms with Crippen LogP contribution in [0, 0.1) is 11.8 Å². The van der Waals surface area contributed by atoms with Gasteiger partial charge in [-0.25, -0.2) is 4.79 Å². The minimum absolute atomic E-state index is 0.110. The number of carboxylic acids is 1. The van der Waals surface area contributed by atoms with Crippen LogP contribution in [0.3, 0.4) is 0 Å². The number of carboxylic acid groups (broad SMARTS) is 1. The zero-order valence-electron chi connectivity index (χ0n) is 20.4. The van der Waals surface area contributed by atoms with E-state index in [2.05, 4.69) is 66.5 Å². The number of hydrogen-bond donors (Lipinski definition) is 1. The van der Waals surface area contributed by atoms with E-state index in [0.29, 0.717) is 6.42 Å². The van der Waals surface area contributed by atoms with E-state index in [1.165, 1.54) is 6.08 Å². The lowest BCUT2D eigenvalue weighted by Gasteiger charge is -2.41. The third-order valence-electron chi connectivity index (χ3n) is 6.41. The first-order chi connectivity index (χ1) is 13.2. The summed E-state index contributed by atoms with van der Waals surface area (Å²) in [4.78, 5) is 11.2. The average molecular weight is 441 g/mol. The summed E-state index contributed by atoms with van der Waals surface area (Å²) in [5.74, 6) is 5.30. The summed E-state index contributed by atoms with van der Waals surface area (Å²) >= 11 is 0. The highest BCUT2D eigenvalue weighted by atomic mass is 28.4. The van der Waals surface area contributed by atoms with Crippen molar-refractivity contribution in [3.8, 4) is 11.8 Å². The Hall–Kier alpha value is -0.876. The fourth-order valence-electron chi connectivity index (χ4n) is 3.15. The van der Waals surface area contributed by atoms with Crippen molar-refractivity contribution in [2.75, 3.05) is 0 Å². The third kappa shape index (κ3) is 9.21. The standard InChI is InChI=1S/C23H44O4Si2/c1-11-15-20(26-28(9,10)22(5,6)7)16-18-23(8,19-17-21(24)25)27-29(12-2,13-3)14-4/h17,19-20H,12-14,16,18H2,1-10H3,(H,24,25)/b19-17+/t20-,23-/m1/s1. The van der Waals surface area contributed by atoms with Gasteiger partial charge in [0.25, 0.3) is 0 Å². The molecule has 0 aliphatic heterocycles. The summed E-state index contributed by atoms with van der Waals surface area (Å²) in [5, 5.41) is 9.29. The molecular weight excluding hydrogens is 396 g/mol. The predicted molar refractivity (Wildman–Crippen MR) is 128 cm³/mol. The maximum absolute atomic E-state index is 11.2. The van der Waals surface area contributed by atoms with Crippen molar-refractivity contribution in [2.45, 2.75) is 116 Å². The lowest BCUT2D eigenvalue weighted by atomic mass is 9.97. The monoisotopic (exact) mass is 440 g/mol. The van der Waals surface area contributed by atoms with Crippen LogP contribution in [0.1, 0.15) is 68.2 Å². The molecule has 0 saturated heterocycles. The molecule has 0 aromatic carbocycles. The number of rotatable bonds is 12. The maximum atomic E-state index is 11.2. The van der Waals surface area contributed by atoms with Gasteiger partial charge in [0.2, 0.25) is 0 Å². The number of carbonyl (C=O) groups is 1. The highest BCUT2D eigenvalue weighted by molar-refractivity contribution is 6.74. The summed E-state index contributed by atoms with van der Waals surface area (Å²) < 4.78 is 13.3. The molecule has 0 bridgehead atoms. The zero-order chi connectivity index (χ0) is 22.9. The fourth-order valence-corrected chi connectivity index (χ4v) is 7.48. The molecule has 0 amide bonds. The normalized spacial score (nSPS) is 16.2. The molecule has 0 aromatic rings. The van der Waals surface area contributed by atoms with E-state index >= 15 is 0 Å². The van der Waals surface area contributed by atoms with Crippen molar-refractivity contribution in [3.05, 3.63) is 12.2 Å². The Morgan fingerprint density at radius 2 is 1.62 bits per heavy atom. The number of aliphatic carboxylic acids is 1. The van der Waals surface area contributed by atoms with E-state index in [1.54, 1.807) is 6.08 Å². The Labute approximate surface area is 181 Å². The van der Waals surface area contributed by atoms with E-state index in [4.69, 9.17) is 8.85 Å². The SMILES string of the molecule is CC#C[C@H](CC[C@](C)(/C=C/C(=O)O)O[Si](CC)(CC)CC)O[Si](C)(C)C(C)(C)C. The van der Waals surface area contributed by atoms with Crippen molar-refractivity contribution in [3.63, 3.8) is 0 Å². The van der Waals surface area contributed by atoms with Gasteiger partial charge in [0.15, 0.2) is 16.6 Å². The first kappa shape index (κ1) is 28.1. The second-order valence-electron chi connectivity index (χ2n) is 9.63. The molecule has 0 spiro atoms. The quantitative estimate of drug-likeness (QED) is 0.211. The topological polar surface area (TPSA) is 55.8 Å². The van der Waals surface area contributed by atoms with E-state index in [-0.39, 0.29) is 11.1 Å². The first-order valence-corrected chi connectivity index (χ1v) is 16.4. The molecule has 0 unspecified atom stereocenters. The van der Waals surface area contributed by atoms with Crippen molar-refractivity contribution in [1.29, 1.82) is 0 Å². The van der Waals surface area contributed by atoms with E-state index in [1.807, 2.05) is 13.8 Å². The summed E-state index contributed by atoms with van der Waals surface area (Å²) in [6.45, 7) is 21.6. The Morgan fingerprint density at radius 1 is 1.10 bits per heavy atom. The molecular formula is C23H44O4Si2. The van der Waals surface area contributed by atoms with E-state index in [0.717, 1.165) is 24.6 Å². The first-order valence-electron chi connectivity index (χ1n) is 10.9. The van der Waals surface area contributed by atoms with Crippen LogP contribution < -0.4 is 0 Å². The fraction of sp³-hybridized carbons (Fsp3) is 0.783. The average Bonchev–Trinajstić information content (AvgIpc) is 2.62. The van der Waals surface area contributed by atoms with Crippen LogP contribution in [0.25, 0.3) is 0 Å². The van der Waals surface area contributed by atoms with Crippen LogP contribution in [0.2, 0.25) is 36.3 Å². The molecule has 0 rings (SSSR count). The highest BCUT2D eigenvalue weighted by Crippen LogP contribution is 2.38. The third-order valence-corrected chi connectivity index (χ3v) is 15.7. The number of hydrogen-bond acceptors (Lipinski definition) is 3. The summed E-state index contributed by atoms with van der Waals surface area (Å²) in [6.07, 6.45) is 4.17. The molecule has 0 aliphatic carbocycles. The van der Waals surface area contributed by atoms with Gasteiger partial charge >= 0.3 is 5.97 Å². The molecule has 0 fully saturated rings. The smallest absolute Gasteiger partial charge is 0.328 e. The Kier molecular flexibility index (Phi) is 11.2. The van der Waals surface area contributed by atoms with Crippen molar-refractivity contribution >= 4 is 22.6 Å². The van der Waals surface area contributed by atoms with Crippen LogP contribution in [0.4, 0.5) is 0 Å². The van der Waals surface area contributed by atoms with E-state index in [9.17, 15) is 9.90 Å². The largest absolute Gasteiger partial charge is 0.478 e. The lowest BCUT2D eigenvalue weighted by molar-refractivity contribution is -0.131. The molecule has 0 heterocycles. The predicted octanol–water partition coefficient (Wildman–Crippen LogP) is 6.60. The molecule has 29 heavy (non-hydrogen) atoms. The molecule has 6 heteroatoms. The van der Waals surface area contributed by atoms with Crippen LogP contribution in [0.15, 0.2) is 12.2 Å². The van der Waals surface area contributed by atoms with Gasteiger partial charge in [0.1, 0.15) is 6.10 Å². The van der Waals surface area contributed by atoms with Crippen LogP contribution in [-0.2, 0) is 13.6 Å². The zero-order valence-corrected chi connectivity index (χ0v) is 22.4. The lowest BCUT2D eigenvalue weighted by Crippen LogP contribution is -2.46. The summed E-state index contributed by atoms with van der Waals surface area (Å²) in [5.41, 5.74) is -0.628. The Bertz CT molecular complexity index is 598. The van der Waals surface area contributed by atoms with Gasteiger partial charge in [-0.2, -0.15) is 0 Å². The van der Waals surface area contributed by atoms with Crippen molar-refractivity contribution < 1.29 is 18.8 Å². The maximum Gasteiger partial charge on any atom is 0.328 e. The van der Waals surface area contributed by atoms with Gasteiger partial charge in [-0.05, 0) is 69.0 Å². The molecule has 1 N–H and O–H groups in total. The van der Waals surface area contributed by atoms with Gasteiger partial charge in [0, 0.05) is 6.08 Å². The molecule has 0 saturated carbocycles. The second-order valence-corrected chi connectivity index (χ2v) is 19.1. The molecule has 4 nitrogen and oxygen atoms in total. The minimum Gasteiger partial charge on any atom is -0.478 e. The van der Waals surface area contributed by atoms with Gasteiger partial charge < -0.3 is 14.0 Å². The second kappa shape index (κ2) is 11.5. The van der Waals surface area contributed by atoms with E-state index < -0.39 is 28.2 Å². The van der Waals surface area contributed by atoms with Gasteiger partial charge in [-0.3, -0.25) is 0 Å². The highest BCUT2D eigenvalue weighted by Gasteiger charge is 2.40. The molecule has 2 atom stereocenters. The van der Waals surface area contributed by atoms with Gasteiger partial charge in [0.05, 0.1) is 5.60 Å². The van der Waals surface area contributed by atoms with Crippen molar-refractivity contribution in [1.82, 2.24) is 0 Å². The Morgan fingerprint density at radius 3 is 2.00 bits per heavy atom.